The van der Waals surface area contributed by atoms with E-state index in [1.54, 1.807) is 0 Å². The van der Waals surface area contributed by atoms with E-state index in [4.69, 9.17) is 4.42 Å². The van der Waals surface area contributed by atoms with E-state index < -0.39 is 0 Å². The lowest BCUT2D eigenvalue weighted by Crippen LogP contribution is -2.26. The molecule has 1 aromatic carbocycles. The summed E-state index contributed by atoms with van der Waals surface area (Å²) in [6.07, 6.45) is 2.44. The third kappa shape index (κ3) is 1.77. The summed E-state index contributed by atoms with van der Waals surface area (Å²) in [6.45, 7) is 6.45. The van der Waals surface area contributed by atoms with Crippen molar-refractivity contribution >= 4 is 11.0 Å². The van der Waals surface area contributed by atoms with Crippen molar-refractivity contribution in [3.63, 3.8) is 0 Å². The Kier molecular flexibility index (Phi) is 2.67. The summed E-state index contributed by atoms with van der Waals surface area (Å²) in [5.41, 5.74) is 3.81. The van der Waals surface area contributed by atoms with Gasteiger partial charge in [0, 0.05) is 5.39 Å². The van der Waals surface area contributed by atoms with Gasteiger partial charge in [-0.1, -0.05) is 18.2 Å². The van der Waals surface area contributed by atoms with Crippen molar-refractivity contribution in [3.8, 4) is 0 Å². The Hall–Kier alpha value is -1.28. The van der Waals surface area contributed by atoms with Crippen LogP contribution in [0.1, 0.15) is 35.6 Å². The molecule has 1 N–H and O–H groups in total. The van der Waals surface area contributed by atoms with Gasteiger partial charge >= 0.3 is 0 Å². The van der Waals surface area contributed by atoms with E-state index in [9.17, 15) is 0 Å². The van der Waals surface area contributed by atoms with E-state index in [2.05, 4.69) is 37.4 Å². The maximum Gasteiger partial charge on any atom is 0.138 e. The highest BCUT2D eigenvalue weighted by Gasteiger charge is 2.20. The van der Waals surface area contributed by atoms with Crippen LogP contribution in [0.25, 0.3) is 11.0 Å². The molecule has 0 amide bonds. The summed E-state index contributed by atoms with van der Waals surface area (Å²) >= 11 is 0. The molecule has 2 heterocycles. The van der Waals surface area contributed by atoms with Gasteiger partial charge in [0.15, 0.2) is 0 Å². The average Bonchev–Trinajstić information content (AvgIpc) is 2.67. The molecule has 90 valence electrons. The Bertz CT molecular complexity index is 535. The minimum Gasteiger partial charge on any atom is -0.461 e. The SMILES string of the molecule is Cc1oc2c(C3CCNCC3)cccc2c1C. The maximum absolute atomic E-state index is 5.96. The zero-order valence-electron chi connectivity index (χ0n) is 10.5. The Balaban J connectivity index is 2.12. The molecule has 1 aliphatic rings. The molecule has 1 aliphatic heterocycles. The summed E-state index contributed by atoms with van der Waals surface area (Å²) in [5, 5.41) is 4.71. The lowest BCUT2D eigenvalue weighted by atomic mass is 9.89. The molecule has 0 aliphatic carbocycles. The van der Waals surface area contributed by atoms with E-state index in [0.717, 1.165) is 24.4 Å². The van der Waals surface area contributed by atoms with E-state index in [1.165, 1.54) is 29.4 Å². The van der Waals surface area contributed by atoms with Gasteiger partial charge < -0.3 is 9.73 Å². The number of furan rings is 1. The highest BCUT2D eigenvalue weighted by atomic mass is 16.3. The molecule has 17 heavy (non-hydrogen) atoms. The largest absolute Gasteiger partial charge is 0.461 e. The smallest absolute Gasteiger partial charge is 0.138 e. The van der Waals surface area contributed by atoms with Crippen LogP contribution in [0, 0.1) is 13.8 Å². The van der Waals surface area contributed by atoms with Crippen LogP contribution in [-0.4, -0.2) is 13.1 Å². The van der Waals surface area contributed by atoms with Crippen molar-refractivity contribution in [2.24, 2.45) is 0 Å². The van der Waals surface area contributed by atoms with Gasteiger partial charge in [-0.2, -0.15) is 0 Å². The van der Waals surface area contributed by atoms with Crippen LogP contribution in [-0.2, 0) is 0 Å². The van der Waals surface area contributed by atoms with Crippen LogP contribution in [0.2, 0.25) is 0 Å². The van der Waals surface area contributed by atoms with Gasteiger partial charge in [0.2, 0.25) is 0 Å². The minimum absolute atomic E-state index is 0.657. The Morgan fingerprint density at radius 1 is 1.18 bits per heavy atom. The Morgan fingerprint density at radius 2 is 1.94 bits per heavy atom. The lowest BCUT2D eigenvalue weighted by molar-refractivity contribution is 0.456. The topological polar surface area (TPSA) is 25.2 Å². The second kappa shape index (κ2) is 4.19. The quantitative estimate of drug-likeness (QED) is 0.809. The van der Waals surface area contributed by atoms with E-state index in [1.807, 2.05) is 0 Å². The zero-order chi connectivity index (χ0) is 11.8. The van der Waals surface area contributed by atoms with Gasteiger partial charge in [0.05, 0.1) is 0 Å². The zero-order valence-corrected chi connectivity index (χ0v) is 10.5. The fraction of sp³-hybridized carbons (Fsp3) is 0.467. The summed E-state index contributed by atoms with van der Waals surface area (Å²) in [6, 6.07) is 6.58. The second-order valence-corrected chi connectivity index (χ2v) is 5.03. The number of benzene rings is 1. The summed E-state index contributed by atoms with van der Waals surface area (Å²) in [4.78, 5) is 0. The molecule has 3 rings (SSSR count). The molecular formula is C15H19NO. The van der Waals surface area contributed by atoms with Crippen LogP contribution < -0.4 is 5.32 Å². The average molecular weight is 229 g/mol. The van der Waals surface area contributed by atoms with Crippen molar-refractivity contribution in [1.82, 2.24) is 5.32 Å². The third-order valence-corrected chi connectivity index (χ3v) is 4.01. The Labute approximate surface area is 102 Å². The van der Waals surface area contributed by atoms with Crippen molar-refractivity contribution in [3.05, 3.63) is 35.1 Å². The first-order valence-corrected chi connectivity index (χ1v) is 6.46. The number of hydrogen-bond acceptors (Lipinski definition) is 2. The number of aryl methyl sites for hydroxylation is 2. The van der Waals surface area contributed by atoms with Crippen LogP contribution in [0.4, 0.5) is 0 Å². The number of para-hydroxylation sites is 1. The molecule has 1 aromatic heterocycles. The van der Waals surface area contributed by atoms with Crippen molar-refractivity contribution in [2.75, 3.05) is 13.1 Å². The molecule has 2 heteroatoms. The number of fused-ring (bicyclic) bond motifs is 1. The maximum atomic E-state index is 5.96. The molecule has 2 nitrogen and oxygen atoms in total. The molecule has 0 unspecified atom stereocenters. The van der Waals surface area contributed by atoms with Gasteiger partial charge in [-0.25, -0.2) is 0 Å². The van der Waals surface area contributed by atoms with Crippen molar-refractivity contribution in [1.29, 1.82) is 0 Å². The van der Waals surface area contributed by atoms with E-state index >= 15 is 0 Å². The molecule has 0 spiro atoms. The van der Waals surface area contributed by atoms with E-state index in [-0.39, 0.29) is 0 Å². The third-order valence-electron chi connectivity index (χ3n) is 4.01. The van der Waals surface area contributed by atoms with Crippen LogP contribution in [0.15, 0.2) is 22.6 Å². The molecular weight excluding hydrogens is 210 g/mol. The lowest BCUT2D eigenvalue weighted by Gasteiger charge is -2.22. The van der Waals surface area contributed by atoms with Gasteiger partial charge in [-0.3, -0.25) is 0 Å². The van der Waals surface area contributed by atoms with Gasteiger partial charge in [-0.15, -0.1) is 0 Å². The van der Waals surface area contributed by atoms with Gasteiger partial charge in [0.1, 0.15) is 11.3 Å². The second-order valence-electron chi connectivity index (χ2n) is 5.03. The monoisotopic (exact) mass is 229 g/mol. The number of nitrogens with one attached hydrogen (secondary N) is 1. The molecule has 1 saturated heterocycles. The molecule has 0 bridgehead atoms. The standard InChI is InChI=1S/C15H19NO/c1-10-11(2)17-15-13(10)4-3-5-14(15)12-6-8-16-9-7-12/h3-5,12,16H,6-9H2,1-2H3. The van der Waals surface area contributed by atoms with Crippen LogP contribution in [0.5, 0.6) is 0 Å². The summed E-state index contributed by atoms with van der Waals surface area (Å²) in [5.74, 6) is 1.71. The van der Waals surface area contributed by atoms with Crippen LogP contribution >= 0.6 is 0 Å². The summed E-state index contributed by atoms with van der Waals surface area (Å²) < 4.78 is 5.96. The number of rotatable bonds is 1. The number of piperidine rings is 1. The fourth-order valence-electron chi connectivity index (χ4n) is 2.84. The highest BCUT2D eigenvalue weighted by molar-refractivity contribution is 5.85. The predicted octanol–water partition coefficient (Wildman–Crippen LogP) is 3.52. The molecule has 0 atom stereocenters. The van der Waals surface area contributed by atoms with Gasteiger partial charge in [0.25, 0.3) is 0 Å². The Morgan fingerprint density at radius 3 is 2.71 bits per heavy atom. The van der Waals surface area contributed by atoms with E-state index in [0.29, 0.717) is 5.92 Å². The van der Waals surface area contributed by atoms with Crippen molar-refractivity contribution < 1.29 is 4.42 Å². The predicted molar refractivity (Wildman–Crippen MR) is 70.5 cm³/mol. The molecule has 0 radical (unpaired) electrons. The van der Waals surface area contributed by atoms with Crippen LogP contribution in [0.3, 0.4) is 0 Å². The van der Waals surface area contributed by atoms with Crippen molar-refractivity contribution in [2.45, 2.75) is 32.6 Å². The molecule has 0 saturated carbocycles. The summed E-state index contributed by atoms with van der Waals surface area (Å²) in [7, 11) is 0. The number of hydrogen-bond donors (Lipinski definition) is 1. The normalized spacial score (nSPS) is 17.8. The molecule has 1 fully saturated rings. The molecule has 2 aromatic rings. The fourth-order valence-corrected chi connectivity index (χ4v) is 2.84. The highest BCUT2D eigenvalue weighted by Crippen LogP contribution is 2.34. The van der Waals surface area contributed by atoms with Gasteiger partial charge in [-0.05, 0) is 56.8 Å². The first-order chi connectivity index (χ1) is 8.27. The minimum atomic E-state index is 0.657. The first-order valence-electron chi connectivity index (χ1n) is 6.46. The first kappa shape index (κ1) is 10.8.